The van der Waals surface area contributed by atoms with E-state index in [4.69, 9.17) is 14.2 Å². The molecule has 2 heterocycles. The van der Waals surface area contributed by atoms with E-state index in [1.165, 1.54) is 0 Å². The minimum atomic E-state index is -0.674. The molecule has 1 N–H and O–H groups in total. The molecule has 3 rings (SSSR count). The van der Waals surface area contributed by atoms with Crippen LogP contribution in [0.3, 0.4) is 0 Å². The van der Waals surface area contributed by atoms with Crippen molar-refractivity contribution in [2.45, 2.75) is 24.9 Å². The summed E-state index contributed by atoms with van der Waals surface area (Å²) < 4.78 is 17.5. The van der Waals surface area contributed by atoms with Gasteiger partial charge in [0, 0.05) is 18.7 Å². The first-order valence-corrected chi connectivity index (χ1v) is 7.51. The largest absolute Gasteiger partial charge is 0.395 e. The van der Waals surface area contributed by atoms with Gasteiger partial charge in [0.1, 0.15) is 0 Å². The fraction of sp³-hybridized carbons (Fsp3) is 0.625. The van der Waals surface area contributed by atoms with E-state index in [9.17, 15) is 5.11 Å². The van der Waals surface area contributed by atoms with Crippen LogP contribution in [0.2, 0.25) is 0 Å². The van der Waals surface area contributed by atoms with E-state index in [1.54, 1.807) is 0 Å². The summed E-state index contributed by atoms with van der Waals surface area (Å²) in [7, 11) is 0. The summed E-state index contributed by atoms with van der Waals surface area (Å²) in [5.41, 5.74) is 1.04. The monoisotopic (exact) mass is 293 g/mol. The molecule has 3 unspecified atom stereocenters. The molecule has 5 nitrogen and oxygen atoms in total. The molecule has 116 valence electrons. The molecule has 5 heteroatoms. The molecule has 0 aliphatic carbocycles. The standard InChI is InChI=1S/C16H23NO4/c1-16(13-5-3-2-4-6-13)20-12-15(21-16)9-17-7-8-19-11-14(17)10-18/h2-6,14-15,18H,7-12H2,1H3. The first-order chi connectivity index (χ1) is 10.2. The average molecular weight is 293 g/mol. The smallest absolute Gasteiger partial charge is 0.192 e. The van der Waals surface area contributed by atoms with Crippen molar-refractivity contribution in [2.24, 2.45) is 0 Å². The van der Waals surface area contributed by atoms with Gasteiger partial charge in [-0.1, -0.05) is 30.3 Å². The fourth-order valence-corrected chi connectivity index (χ4v) is 2.98. The lowest BCUT2D eigenvalue weighted by Gasteiger charge is -2.35. The van der Waals surface area contributed by atoms with Crippen LogP contribution in [-0.4, -0.2) is 61.7 Å². The van der Waals surface area contributed by atoms with Gasteiger partial charge in [-0.3, -0.25) is 4.90 Å². The Morgan fingerprint density at radius 3 is 2.86 bits per heavy atom. The minimum absolute atomic E-state index is 0.0161. The highest BCUT2D eigenvalue weighted by atomic mass is 16.7. The van der Waals surface area contributed by atoms with E-state index in [-0.39, 0.29) is 18.8 Å². The molecule has 0 radical (unpaired) electrons. The van der Waals surface area contributed by atoms with Crippen LogP contribution < -0.4 is 0 Å². The highest BCUT2D eigenvalue weighted by molar-refractivity contribution is 5.20. The molecule has 1 aromatic rings. The van der Waals surface area contributed by atoms with Crippen LogP contribution >= 0.6 is 0 Å². The lowest BCUT2D eigenvalue weighted by molar-refractivity contribution is -0.166. The molecule has 0 saturated carbocycles. The summed E-state index contributed by atoms with van der Waals surface area (Å²) in [6.07, 6.45) is 0.0161. The van der Waals surface area contributed by atoms with Gasteiger partial charge in [0.2, 0.25) is 0 Å². The van der Waals surface area contributed by atoms with Crippen LogP contribution in [-0.2, 0) is 20.0 Å². The Kier molecular flexibility index (Phi) is 4.57. The second-order valence-electron chi connectivity index (χ2n) is 5.77. The third-order valence-corrected chi connectivity index (χ3v) is 4.23. The molecular weight excluding hydrogens is 270 g/mol. The Balaban J connectivity index is 1.62. The molecule has 1 aromatic carbocycles. The van der Waals surface area contributed by atoms with Gasteiger partial charge in [0.25, 0.3) is 0 Å². The second kappa shape index (κ2) is 6.42. The minimum Gasteiger partial charge on any atom is -0.395 e. The Hall–Kier alpha value is -0.980. The van der Waals surface area contributed by atoms with Gasteiger partial charge >= 0.3 is 0 Å². The highest BCUT2D eigenvalue weighted by Gasteiger charge is 2.40. The molecule has 2 fully saturated rings. The van der Waals surface area contributed by atoms with Gasteiger partial charge in [-0.05, 0) is 6.92 Å². The molecule has 0 amide bonds. The molecule has 2 aliphatic rings. The van der Waals surface area contributed by atoms with Crippen molar-refractivity contribution in [3.05, 3.63) is 35.9 Å². The number of morpholine rings is 1. The van der Waals surface area contributed by atoms with E-state index in [0.29, 0.717) is 19.8 Å². The van der Waals surface area contributed by atoms with Crippen molar-refractivity contribution in [2.75, 3.05) is 39.5 Å². The van der Waals surface area contributed by atoms with Gasteiger partial charge in [-0.15, -0.1) is 0 Å². The second-order valence-corrected chi connectivity index (χ2v) is 5.77. The van der Waals surface area contributed by atoms with Crippen molar-refractivity contribution in [1.29, 1.82) is 0 Å². The maximum absolute atomic E-state index is 9.42. The average Bonchev–Trinajstić information content (AvgIpc) is 2.91. The maximum atomic E-state index is 9.42. The summed E-state index contributed by atoms with van der Waals surface area (Å²) in [6.45, 7) is 5.53. The molecule has 21 heavy (non-hydrogen) atoms. The topological polar surface area (TPSA) is 51.2 Å². The number of aliphatic hydroxyl groups is 1. The summed E-state index contributed by atoms with van der Waals surface area (Å²) in [5, 5.41) is 9.42. The Labute approximate surface area is 125 Å². The molecular formula is C16H23NO4. The zero-order valence-corrected chi connectivity index (χ0v) is 12.4. The number of hydrogen-bond acceptors (Lipinski definition) is 5. The zero-order chi connectivity index (χ0) is 14.7. The molecule has 3 atom stereocenters. The number of hydrogen-bond donors (Lipinski definition) is 1. The van der Waals surface area contributed by atoms with Crippen molar-refractivity contribution in [3.63, 3.8) is 0 Å². The number of aliphatic hydroxyl groups excluding tert-OH is 1. The van der Waals surface area contributed by atoms with Gasteiger partial charge in [0.05, 0.1) is 38.6 Å². The lowest BCUT2D eigenvalue weighted by atomic mass is 10.1. The first kappa shape index (κ1) is 14.9. The maximum Gasteiger partial charge on any atom is 0.192 e. The molecule has 2 saturated heterocycles. The summed E-state index contributed by atoms with van der Waals surface area (Å²) in [5.74, 6) is -0.674. The van der Waals surface area contributed by atoms with E-state index < -0.39 is 5.79 Å². The van der Waals surface area contributed by atoms with E-state index in [2.05, 4.69) is 4.90 Å². The van der Waals surface area contributed by atoms with Crippen LogP contribution in [0.25, 0.3) is 0 Å². The van der Waals surface area contributed by atoms with E-state index >= 15 is 0 Å². The van der Waals surface area contributed by atoms with Crippen molar-refractivity contribution >= 4 is 0 Å². The van der Waals surface area contributed by atoms with Gasteiger partial charge in [0.15, 0.2) is 5.79 Å². The molecule has 0 spiro atoms. The fourth-order valence-electron chi connectivity index (χ4n) is 2.98. The molecule has 0 aromatic heterocycles. The Morgan fingerprint density at radius 2 is 2.10 bits per heavy atom. The van der Waals surface area contributed by atoms with Gasteiger partial charge in [-0.25, -0.2) is 0 Å². The third kappa shape index (κ3) is 3.27. The highest BCUT2D eigenvalue weighted by Crippen LogP contribution is 2.34. The predicted octanol–water partition coefficient (Wildman–Crippen LogP) is 0.968. The summed E-state index contributed by atoms with van der Waals surface area (Å²) >= 11 is 0. The van der Waals surface area contributed by atoms with E-state index in [1.807, 2.05) is 37.3 Å². The van der Waals surface area contributed by atoms with Crippen molar-refractivity contribution in [1.82, 2.24) is 4.90 Å². The third-order valence-electron chi connectivity index (χ3n) is 4.23. The first-order valence-electron chi connectivity index (χ1n) is 7.51. The van der Waals surface area contributed by atoms with Crippen LogP contribution in [0, 0.1) is 0 Å². The van der Waals surface area contributed by atoms with Crippen molar-refractivity contribution in [3.8, 4) is 0 Å². The van der Waals surface area contributed by atoms with Crippen LogP contribution in [0.4, 0.5) is 0 Å². The Bertz CT molecular complexity index is 455. The number of rotatable bonds is 4. The van der Waals surface area contributed by atoms with Crippen LogP contribution in [0.5, 0.6) is 0 Å². The number of ether oxygens (including phenoxy) is 3. The van der Waals surface area contributed by atoms with E-state index in [0.717, 1.165) is 18.7 Å². The molecule has 2 aliphatic heterocycles. The predicted molar refractivity (Wildman–Crippen MR) is 77.9 cm³/mol. The van der Waals surface area contributed by atoms with Gasteiger partial charge in [-0.2, -0.15) is 0 Å². The normalized spacial score (nSPS) is 34.2. The van der Waals surface area contributed by atoms with Crippen LogP contribution in [0.15, 0.2) is 30.3 Å². The quantitative estimate of drug-likeness (QED) is 0.896. The number of nitrogens with zero attached hydrogens (tertiary/aromatic N) is 1. The zero-order valence-electron chi connectivity index (χ0n) is 12.4. The van der Waals surface area contributed by atoms with Crippen molar-refractivity contribution < 1.29 is 19.3 Å². The van der Waals surface area contributed by atoms with Crippen LogP contribution in [0.1, 0.15) is 12.5 Å². The summed E-state index contributed by atoms with van der Waals surface area (Å²) in [4.78, 5) is 2.23. The lowest BCUT2D eigenvalue weighted by Crippen LogP contribution is -2.50. The Morgan fingerprint density at radius 1 is 1.29 bits per heavy atom. The SMILES string of the molecule is CC1(c2ccccc2)OCC(CN2CCOCC2CO)O1. The molecule has 0 bridgehead atoms. The number of benzene rings is 1. The van der Waals surface area contributed by atoms with Gasteiger partial charge < -0.3 is 19.3 Å². The summed E-state index contributed by atoms with van der Waals surface area (Å²) in [6, 6.07) is 10.1.